The predicted octanol–water partition coefficient (Wildman–Crippen LogP) is 4.59. The maximum absolute atomic E-state index is 13.3. The molecular formula is C24H22N4OS. The first kappa shape index (κ1) is 19.9. The molecule has 1 aromatic heterocycles. The van der Waals surface area contributed by atoms with Gasteiger partial charge in [0.25, 0.3) is 0 Å². The highest BCUT2D eigenvalue weighted by molar-refractivity contribution is 7.10. The molecule has 1 fully saturated rings. The molecule has 0 radical (unpaired) electrons. The average Bonchev–Trinajstić information content (AvgIpc) is 3.23. The van der Waals surface area contributed by atoms with Crippen molar-refractivity contribution in [2.45, 2.75) is 25.3 Å². The number of nitrogens with one attached hydrogen (secondary N) is 2. The van der Waals surface area contributed by atoms with Gasteiger partial charge in [0.15, 0.2) is 5.96 Å². The van der Waals surface area contributed by atoms with Crippen molar-refractivity contribution in [2.24, 2.45) is 0 Å². The lowest BCUT2D eigenvalue weighted by Crippen LogP contribution is -2.62. The van der Waals surface area contributed by atoms with Crippen LogP contribution in [-0.4, -0.2) is 23.8 Å². The molecule has 4 rings (SSSR count). The molecule has 30 heavy (non-hydrogen) atoms. The molecule has 2 heterocycles. The standard InChI is InChI=1S/C24H22N4OS/c1-15-6-4-9-18(10-15)21-22(29)28(3)23(26)27-24(21,2)20-12-19(14-30-20)17-8-5-7-16(11-17)13-25/h4-12,14,21H,1-3H3,(H2,26,27)/t21-,24-/m1/s1. The SMILES string of the molecule is Cc1cccc([C@@H]2C(=O)N(C)C(=N)N[C@]2(C)c2cc(-c3cccc(C#N)c3)cs2)c1. The number of benzene rings is 2. The van der Waals surface area contributed by atoms with Crippen LogP contribution in [0.15, 0.2) is 60.0 Å². The van der Waals surface area contributed by atoms with Crippen molar-refractivity contribution in [3.8, 4) is 17.2 Å². The van der Waals surface area contributed by atoms with E-state index < -0.39 is 11.5 Å². The number of carbonyl (C=O) groups is 1. The maximum atomic E-state index is 13.3. The number of hydrogen-bond donors (Lipinski definition) is 2. The van der Waals surface area contributed by atoms with Gasteiger partial charge in [-0.15, -0.1) is 11.3 Å². The largest absolute Gasteiger partial charge is 0.345 e. The van der Waals surface area contributed by atoms with E-state index in [1.165, 1.54) is 4.90 Å². The van der Waals surface area contributed by atoms with Crippen LogP contribution in [0.5, 0.6) is 0 Å². The zero-order valence-electron chi connectivity index (χ0n) is 17.1. The van der Waals surface area contributed by atoms with E-state index in [-0.39, 0.29) is 11.9 Å². The van der Waals surface area contributed by atoms with E-state index in [2.05, 4.69) is 17.5 Å². The fourth-order valence-electron chi connectivity index (χ4n) is 4.01. The number of thiophene rings is 1. The number of amides is 1. The summed E-state index contributed by atoms with van der Waals surface area (Å²) in [5.41, 5.74) is 3.82. The number of rotatable bonds is 3. The Morgan fingerprint density at radius 1 is 1.17 bits per heavy atom. The number of aryl methyl sites for hydroxylation is 1. The third-order valence-electron chi connectivity index (χ3n) is 5.68. The summed E-state index contributed by atoms with van der Waals surface area (Å²) in [6, 6.07) is 19.7. The van der Waals surface area contributed by atoms with Gasteiger partial charge < -0.3 is 5.32 Å². The molecular weight excluding hydrogens is 392 g/mol. The van der Waals surface area contributed by atoms with Gasteiger partial charge in [0.05, 0.1) is 23.1 Å². The van der Waals surface area contributed by atoms with Crippen molar-refractivity contribution in [2.75, 3.05) is 7.05 Å². The predicted molar refractivity (Wildman–Crippen MR) is 119 cm³/mol. The van der Waals surface area contributed by atoms with Gasteiger partial charge in [-0.3, -0.25) is 15.1 Å². The van der Waals surface area contributed by atoms with Crippen molar-refractivity contribution in [1.29, 1.82) is 10.7 Å². The summed E-state index contributed by atoms with van der Waals surface area (Å²) in [6.45, 7) is 4.00. The molecule has 2 aromatic carbocycles. The van der Waals surface area contributed by atoms with Crippen LogP contribution in [0.2, 0.25) is 0 Å². The Balaban J connectivity index is 1.82. The highest BCUT2D eigenvalue weighted by Crippen LogP contribution is 2.44. The van der Waals surface area contributed by atoms with Crippen molar-refractivity contribution < 1.29 is 4.79 Å². The van der Waals surface area contributed by atoms with E-state index in [1.807, 2.05) is 61.7 Å². The van der Waals surface area contributed by atoms with Crippen LogP contribution in [0.4, 0.5) is 0 Å². The van der Waals surface area contributed by atoms with Gasteiger partial charge in [0.1, 0.15) is 0 Å². The number of nitriles is 1. The number of likely N-dealkylation sites (N-methyl/N-ethyl adjacent to an activating group) is 1. The van der Waals surface area contributed by atoms with Crippen LogP contribution in [0.25, 0.3) is 11.1 Å². The minimum absolute atomic E-state index is 0.0906. The summed E-state index contributed by atoms with van der Waals surface area (Å²) in [7, 11) is 1.63. The Kier molecular flexibility index (Phi) is 4.92. The maximum Gasteiger partial charge on any atom is 0.239 e. The fraction of sp³-hybridized carbons (Fsp3) is 0.208. The fourth-order valence-corrected chi connectivity index (χ4v) is 5.08. The van der Waals surface area contributed by atoms with Crippen molar-refractivity contribution in [1.82, 2.24) is 10.2 Å². The topological polar surface area (TPSA) is 80.0 Å². The van der Waals surface area contributed by atoms with Crippen LogP contribution in [0, 0.1) is 23.7 Å². The van der Waals surface area contributed by atoms with E-state index >= 15 is 0 Å². The molecule has 1 saturated heterocycles. The lowest BCUT2D eigenvalue weighted by Gasteiger charge is -2.45. The highest BCUT2D eigenvalue weighted by atomic mass is 32.1. The van der Waals surface area contributed by atoms with Gasteiger partial charge in [-0.05, 0) is 54.1 Å². The smallest absolute Gasteiger partial charge is 0.239 e. The van der Waals surface area contributed by atoms with Crippen LogP contribution in [0.1, 0.15) is 34.4 Å². The summed E-state index contributed by atoms with van der Waals surface area (Å²) in [4.78, 5) is 15.7. The molecule has 150 valence electrons. The molecule has 3 aromatic rings. The van der Waals surface area contributed by atoms with Crippen molar-refractivity contribution in [3.05, 3.63) is 81.5 Å². The summed E-state index contributed by atoms with van der Waals surface area (Å²) < 4.78 is 0. The van der Waals surface area contributed by atoms with Gasteiger partial charge in [0, 0.05) is 11.9 Å². The molecule has 0 saturated carbocycles. The molecule has 0 bridgehead atoms. The van der Waals surface area contributed by atoms with Gasteiger partial charge in [-0.2, -0.15) is 5.26 Å². The third-order valence-corrected chi connectivity index (χ3v) is 6.85. The van der Waals surface area contributed by atoms with E-state index in [0.717, 1.165) is 27.1 Å². The van der Waals surface area contributed by atoms with Gasteiger partial charge in [-0.1, -0.05) is 42.0 Å². The Morgan fingerprint density at radius 3 is 2.67 bits per heavy atom. The van der Waals surface area contributed by atoms with E-state index in [9.17, 15) is 10.1 Å². The monoisotopic (exact) mass is 414 g/mol. The quantitative estimate of drug-likeness (QED) is 0.658. The summed E-state index contributed by atoms with van der Waals surface area (Å²) >= 11 is 1.56. The van der Waals surface area contributed by atoms with Crippen molar-refractivity contribution >= 4 is 23.2 Å². The number of guanidine groups is 1. The lowest BCUT2D eigenvalue weighted by molar-refractivity contribution is -0.131. The third kappa shape index (κ3) is 3.27. The summed E-state index contributed by atoms with van der Waals surface area (Å²) in [5.74, 6) is -0.477. The second kappa shape index (κ2) is 7.43. The second-order valence-corrected chi connectivity index (χ2v) is 8.72. The zero-order chi connectivity index (χ0) is 21.5. The molecule has 1 amide bonds. The lowest BCUT2D eigenvalue weighted by atomic mass is 9.76. The first-order valence-electron chi connectivity index (χ1n) is 9.64. The highest BCUT2D eigenvalue weighted by Gasteiger charge is 2.49. The minimum Gasteiger partial charge on any atom is -0.345 e. The first-order chi connectivity index (χ1) is 14.3. The number of hydrogen-bond acceptors (Lipinski definition) is 4. The molecule has 5 nitrogen and oxygen atoms in total. The molecule has 2 N–H and O–H groups in total. The van der Waals surface area contributed by atoms with Gasteiger partial charge in [0.2, 0.25) is 5.91 Å². The molecule has 0 spiro atoms. The van der Waals surface area contributed by atoms with Gasteiger partial charge in [-0.25, -0.2) is 0 Å². The zero-order valence-corrected chi connectivity index (χ0v) is 17.9. The Bertz CT molecular complexity index is 1190. The van der Waals surface area contributed by atoms with E-state index in [1.54, 1.807) is 24.5 Å². The molecule has 0 aliphatic carbocycles. The minimum atomic E-state index is -0.760. The van der Waals surface area contributed by atoms with Crippen LogP contribution >= 0.6 is 11.3 Å². The molecule has 0 unspecified atom stereocenters. The second-order valence-electron chi connectivity index (χ2n) is 7.81. The summed E-state index contributed by atoms with van der Waals surface area (Å²) in [6.07, 6.45) is 0. The van der Waals surface area contributed by atoms with Crippen molar-refractivity contribution in [3.63, 3.8) is 0 Å². The molecule has 6 heteroatoms. The Hall–Kier alpha value is -3.43. The van der Waals surface area contributed by atoms with E-state index in [0.29, 0.717) is 5.56 Å². The van der Waals surface area contributed by atoms with Crippen LogP contribution < -0.4 is 5.32 Å². The first-order valence-corrected chi connectivity index (χ1v) is 10.5. The average molecular weight is 415 g/mol. The van der Waals surface area contributed by atoms with E-state index in [4.69, 9.17) is 5.41 Å². The Morgan fingerprint density at radius 2 is 1.93 bits per heavy atom. The normalized spacial score (nSPS) is 21.3. The molecule has 1 aliphatic heterocycles. The molecule has 1 aliphatic rings. The Labute approximate surface area is 180 Å². The van der Waals surface area contributed by atoms with Crippen LogP contribution in [-0.2, 0) is 10.3 Å². The van der Waals surface area contributed by atoms with Gasteiger partial charge >= 0.3 is 0 Å². The van der Waals surface area contributed by atoms with Crippen LogP contribution in [0.3, 0.4) is 0 Å². The number of nitrogens with zero attached hydrogens (tertiary/aromatic N) is 2. The molecule has 2 atom stereocenters. The summed E-state index contributed by atoms with van der Waals surface area (Å²) in [5, 5.41) is 22.8. The number of carbonyl (C=O) groups excluding carboxylic acids is 1.